The van der Waals surface area contributed by atoms with Crippen LogP contribution in [0.4, 0.5) is 0 Å². The minimum Gasteiger partial charge on any atom is -0.477 e. The number of carboxylic acids is 1. The number of ether oxygens (including phenoxy) is 4. The Balaban J connectivity index is 4.19. The van der Waals surface area contributed by atoms with E-state index in [4.69, 9.17) is 18.9 Å². The molecule has 0 aromatic rings. The highest BCUT2D eigenvalue weighted by molar-refractivity contribution is 5.71. The highest BCUT2D eigenvalue weighted by Crippen LogP contribution is 2.15. The van der Waals surface area contributed by atoms with Crippen molar-refractivity contribution in [1.82, 2.24) is 0 Å². The van der Waals surface area contributed by atoms with Gasteiger partial charge in [-0.05, 0) is 77.0 Å². The zero-order valence-electron chi connectivity index (χ0n) is 44.1. The second kappa shape index (κ2) is 49.4. The fourth-order valence-electron chi connectivity index (χ4n) is 7.47. The average Bonchev–Trinajstić information content (AvgIpc) is 3.29. The van der Waals surface area contributed by atoms with Crippen LogP contribution in [0.25, 0.3) is 0 Å². The summed E-state index contributed by atoms with van der Waals surface area (Å²) in [5.74, 6) is -2.02. The van der Waals surface area contributed by atoms with Crippen molar-refractivity contribution in [3.8, 4) is 0 Å². The van der Waals surface area contributed by atoms with E-state index in [9.17, 15) is 19.5 Å². The molecule has 0 aliphatic carbocycles. The van der Waals surface area contributed by atoms with Gasteiger partial charge in [0.2, 0.25) is 0 Å². The van der Waals surface area contributed by atoms with Crippen molar-refractivity contribution in [2.24, 2.45) is 0 Å². The summed E-state index contributed by atoms with van der Waals surface area (Å²) >= 11 is 0. The summed E-state index contributed by atoms with van der Waals surface area (Å²) in [6.45, 7) is 4.79. The molecular formula is C58H104NO8+. The smallest absolute Gasteiger partial charge is 0.361 e. The zero-order chi connectivity index (χ0) is 49.2. The van der Waals surface area contributed by atoms with Crippen LogP contribution in [0.5, 0.6) is 0 Å². The van der Waals surface area contributed by atoms with E-state index in [1.165, 1.54) is 122 Å². The molecule has 0 aliphatic rings. The molecule has 9 heteroatoms. The minimum absolute atomic E-state index is 0.184. The Morgan fingerprint density at radius 3 is 1.25 bits per heavy atom. The van der Waals surface area contributed by atoms with Crippen molar-refractivity contribution < 1.29 is 42.9 Å². The number of carbonyl (C=O) groups is 3. The molecule has 0 aliphatic heterocycles. The van der Waals surface area contributed by atoms with Crippen LogP contribution >= 0.6 is 0 Å². The molecule has 388 valence electrons. The maximum atomic E-state index is 12.8. The van der Waals surface area contributed by atoms with Crippen molar-refractivity contribution in [2.75, 3.05) is 47.5 Å². The predicted octanol–water partition coefficient (Wildman–Crippen LogP) is 15.7. The molecular weight excluding hydrogens is 839 g/mol. The molecule has 0 aromatic heterocycles. The maximum Gasteiger partial charge on any atom is 0.361 e. The Bertz CT molecular complexity index is 1280. The van der Waals surface area contributed by atoms with Crippen LogP contribution in [-0.4, -0.2) is 87.4 Å². The molecule has 1 N–H and O–H groups in total. The van der Waals surface area contributed by atoms with Crippen molar-refractivity contribution in [2.45, 2.75) is 245 Å². The predicted molar refractivity (Wildman–Crippen MR) is 281 cm³/mol. The number of rotatable bonds is 50. The summed E-state index contributed by atoms with van der Waals surface area (Å²) in [6, 6.07) is 0. The third-order valence-corrected chi connectivity index (χ3v) is 11.7. The number of hydrogen-bond donors (Lipinski definition) is 1. The Labute approximate surface area is 412 Å². The number of carbonyl (C=O) groups excluding carboxylic acids is 2. The molecule has 0 radical (unpaired) electrons. The lowest BCUT2D eigenvalue weighted by Gasteiger charge is -2.25. The number of allylic oxidation sites excluding steroid dienone is 10. The fourth-order valence-corrected chi connectivity index (χ4v) is 7.47. The number of esters is 2. The van der Waals surface area contributed by atoms with Crippen LogP contribution in [0, 0.1) is 0 Å². The normalized spacial score (nSPS) is 13.3. The Hall–Kier alpha value is -3.01. The van der Waals surface area contributed by atoms with Gasteiger partial charge in [-0.15, -0.1) is 0 Å². The molecule has 0 amide bonds. The van der Waals surface area contributed by atoms with Gasteiger partial charge in [-0.3, -0.25) is 9.59 Å². The lowest BCUT2D eigenvalue weighted by atomic mass is 10.0. The Morgan fingerprint density at radius 2 is 0.836 bits per heavy atom. The van der Waals surface area contributed by atoms with Gasteiger partial charge in [0.15, 0.2) is 6.10 Å². The van der Waals surface area contributed by atoms with Crippen LogP contribution in [0.1, 0.15) is 232 Å². The van der Waals surface area contributed by atoms with Gasteiger partial charge < -0.3 is 28.5 Å². The summed E-state index contributed by atoms with van der Waals surface area (Å²) in [6.07, 6.45) is 58.7. The van der Waals surface area contributed by atoms with Crippen molar-refractivity contribution >= 4 is 17.9 Å². The van der Waals surface area contributed by atoms with Gasteiger partial charge in [-0.2, -0.15) is 0 Å². The van der Waals surface area contributed by atoms with Gasteiger partial charge in [-0.25, -0.2) is 4.79 Å². The molecule has 0 aromatic carbocycles. The molecule has 0 fully saturated rings. The van der Waals surface area contributed by atoms with Crippen LogP contribution in [0.15, 0.2) is 60.8 Å². The number of carboxylic acid groups (broad SMARTS) is 1. The second-order valence-corrected chi connectivity index (χ2v) is 19.5. The van der Waals surface area contributed by atoms with Crippen molar-refractivity contribution in [3.63, 3.8) is 0 Å². The van der Waals surface area contributed by atoms with E-state index >= 15 is 0 Å². The van der Waals surface area contributed by atoms with Crippen LogP contribution in [-0.2, 0) is 33.3 Å². The van der Waals surface area contributed by atoms with E-state index in [0.29, 0.717) is 11.0 Å². The molecule has 0 saturated heterocycles. The van der Waals surface area contributed by atoms with Crippen LogP contribution in [0.3, 0.4) is 0 Å². The van der Waals surface area contributed by atoms with E-state index in [1.54, 1.807) is 0 Å². The molecule has 0 rings (SSSR count). The van der Waals surface area contributed by atoms with E-state index in [2.05, 4.69) is 74.6 Å². The molecule has 0 bridgehead atoms. The molecule has 0 heterocycles. The number of aliphatic carboxylic acids is 1. The SMILES string of the molecule is CCC/C=C\C/C=C\CCCCCCCC(=O)OCC(COC(OCC[N+](C)(C)C)C(=O)O)OC(=O)CCCCCCCCCCCCCCCC/C=C\C/C=C\C/C=C\CCCCCCC. The lowest BCUT2D eigenvalue weighted by Crippen LogP contribution is -2.40. The first kappa shape index (κ1) is 64.0. The summed E-state index contributed by atoms with van der Waals surface area (Å²) in [5, 5.41) is 9.67. The van der Waals surface area contributed by atoms with Crippen LogP contribution in [0.2, 0.25) is 0 Å². The standard InChI is InChI=1S/C58H103NO8/c1-6-8-10-12-14-16-18-20-21-22-23-24-25-26-27-28-29-30-31-32-33-34-35-37-39-41-43-45-47-49-56(61)67-54(53-66-58(57(62)63)64-51-50-59(3,4)5)52-65-55(60)48-46-44-42-40-38-36-19-17-15-13-11-9-7-2/h11,13,17-20,22-23,25-26,54,58H,6-10,12,14-16,21,24,27-53H2,1-5H3/p+1/b13-11-,19-17-,20-18-,23-22-,26-25-. The van der Waals surface area contributed by atoms with Gasteiger partial charge in [-0.1, -0.05) is 203 Å². The molecule has 2 unspecified atom stereocenters. The maximum absolute atomic E-state index is 12.8. The minimum atomic E-state index is -1.51. The first-order chi connectivity index (χ1) is 32.6. The average molecular weight is 943 g/mol. The first-order valence-electron chi connectivity index (χ1n) is 27.5. The number of likely N-dealkylation sites (N-methyl/N-ethyl adjacent to an activating group) is 1. The monoisotopic (exact) mass is 943 g/mol. The van der Waals surface area contributed by atoms with Gasteiger partial charge in [0, 0.05) is 12.8 Å². The van der Waals surface area contributed by atoms with E-state index in [0.717, 1.165) is 83.5 Å². The van der Waals surface area contributed by atoms with Crippen molar-refractivity contribution in [1.29, 1.82) is 0 Å². The highest BCUT2D eigenvalue weighted by Gasteiger charge is 2.25. The first-order valence-corrected chi connectivity index (χ1v) is 27.5. The highest BCUT2D eigenvalue weighted by atomic mass is 16.7. The number of unbranched alkanes of at least 4 members (excludes halogenated alkanes) is 25. The van der Waals surface area contributed by atoms with Gasteiger partial charge in [0.05, 0.1) is 34.4 Å². The molecule has 9 nitrogen and oxygen atoms in total. The molecule has 2 atom stereocenters. The number of hydrogen-bond acceptors (Lipinski definition) is 7. The van der Waals surface area contributed by atoms with Crippen LogP contribution < -0.4 is 0 Å². The molecule has 67 heavy (non-hydrogen) atoms. The summed E-state index contributed by atoms with van der Waals surface area (Å²) in [5.41, 5.74) is 0. The largest absolute Gasteiger partial charge is 0.477 e. The lowest BCUT2D eigenvalue weighted by molar-refractivity contribution is -0.870. The topological polar surface area (TPSA) is 108 Å². The third kappa shape index (κ3) is 50.7. The van der Waals surface area contributed by atoms with Gasteiger partial charge >= 0.3 is 17.9 Å². The van der Waals surface area contributed by atoms with Crippen molar-refractivity contribution in [3.05, 3.63) is 60.8 Å². The summed E-state index contributed by atoms with van der Waals surface area (Å²) in [7, 11) is 5.96. The molecule has 0 spiro atoms. The Kier molecular flexibility index (Phi) is 47.2. The van der Waals surface area contributed by atoms with Gasteiger partial charge in [0.1, 0.15) is 13.2 Å². The van der Waals surface area contributed by atoms with Gasteiger partial charge in [0.25, 0.3) is 6.29 Å². The van der Waals surface area contributed by atoms with E-state index < -0.39 is 24.3 Å². The fraction of sp³-hybridized carbons (Fsp3) is 0.776. The quantitative estimate of drug-likeness (QED) is 0.0211. The third-order valence-electron chi connectivity index (χ3n) is 11.7. The molecule has 0 saturated carbocycles. The Morgan fingerprint density at radius 1 is 0.448 bits per heavy atom. The number of quaternary nitrogens is 1. The van der Waals surface area contributed by atoms with E-state index in [-0.39, 0.29) is 38.6 Å². The summed E-state index contributed by atoms with van der Waals surface area (Å²) < 4.78 is 22.8. The summed E-state index contributed by atoms with van der Waals surface area (Å²) in [4.78, 5) is 37.3. The number of nitrogens with zero attached hydrogens (tertiary/aromatic N) is 1. The zero-order valence-corrected chi connectivity index (χ0v) is 44.1. The van der Waals surface area contributed by atoms with E-state index in [1.807, 2.05) is 21.1 Å². The second-order valence-electron chi connectivity index (χ2n) is 19.5.